The van der Waals surface area contributed by atoms with E-state index in [1.165, 1.54) is 11.3 Å². The number of carboxylic acid groups (broad SMARTS) is 1. The van der Waals surface area contributed by atoms with Crippen molar-refractivity contribution in [2.24, 2.45) is 0 Å². The van der Waals surface area contributed by atoms with Gasteiger partial charge in [-0.3, -0.25) is 0 Å². The predicted molar refractivity (Wildman–Crippen MR) is 77.2 cm³/mol. The quantitative estimate of drug-likeness (QED) is 0.908. The molecular formula is C15H13NO3S. The number of thiophene rings is 1. The van der Waals surface area contributed by atoms with Crippen molar-refractivity contribution in [2.45, 2.75) is 13.3 Å². The Morgan fingerprint density at radius 3 is 2.80 bits per heavy atom. The molecule has 0 fully saturated rings. The fraction of sp³-hybridized carbons (Fsp3) is 0.200. The van der Waals surface area contributed by atoms with Gasteiger partial charge in [-0.15, -0.1) is 11.3 Å². The van der Waals surface area contributed by atoms with Crippen molar-refractivity contribution in [3.8, 4) is 22.3 Å². The van der Waals surface area contributed by atoms with Crippen LogP contribution >= 0.6 is 11.3 Å². The standard InChI is InChI=1S/C15H13NO3S/c1-2-7-19-12-4-3-10(8-11(12)9-16)13-5-6-14(20-13)15(17)18/h3-6,8H,2,7H2,1H3,(H,17,18). The Morgan fingerprint density at radius 2 is 2.20 bits per heavy atom. The maximum atomic E-state index is 10.9. The van der Waals surface area contributed by atoms with Crippen LogP contribution in [0.5, 0.6) is 5.75 Å². The predicted octanol–water partition coefficient (Wildman–Crippen LogP) is 3.77. The lowest BCUT2D eigenvalue weighted by atomic mass is 10.1. The van der Waals surface area contributed by atoms with E-state index < -0.39 is 5.97 Å². The summed E-state index contributed by atoms with van der Waals surface area (Å²) in [6.45, 7) is 2.57. The summed E-state index contributed by atoms with van der Waals surface area (Å²) >= 11 is 1.19. The Balaban J connectivity index is 2.33. The van der Waals surface area contributed by atoms with Gasteiger partial charge in [-0.05, 0) is 42.3 Å². The number of hydrogen-bond acceptors (Lipinski definition) is 4. The van der Waals surface area contributed by atoms with Gasteiger partial charge in [-0.2, -0.15) is 5.26 Å². The van der Waals surface area contributed by atoms with Crippen LogP contribution in [0.4, 0.5) is 0 Å². The van der Waals surface area contributed by atoms with Crippen LogP contribution in [0.1, 0.15) is 28.6 Å². The number of aromatic carboxylic acids is 1. The molecule has 0 spiro atoms. The third kappa shape index (κ3) is 2.98. The first-order valence-corrected chi connectivity index (χ1v) is 6.97. The van der Waals surface area contributed by atoms with Crippen LogP contribution in [0.15, 0.2) is 30.3 Å². The molecule has 2 rings (SSSR count). The second kappa shape index (κ2) is 6.22. The van der Waals surface area contributed by atoms with Crippen molar-refractivity contribution in [1.29, 1.82) is 5.26 Å². The molecule has 1 aromatic heterocycles. The number of carbonyl (C=O) groups is 1. The van der Waals surface area contributed by atoms with Gasteiger partial charge in [0.05, 0.1) is 12.2 Å². The molecule has 4 nitrogen and oxygen atoms in total. The van der Waals surface area contributed by atoms with Crippen LogP contribution in [0.3, 0.4) is 0 Å². The number of ether oxygens (including phenoxy) is 1. The zero-order chi connectivity index (χ0) is 14.5. The highest BCUT2D eigenvalue weighted by molar-refractivity contribution is 7.17. The summed E-state index contributed by atoms with van der Waals surface area (Å²) in [5.74, 6) is -0.377. The van der Waals surface area contributed by atoms with Crippen LogP contribution in [0, 0.1) is 11.3 Å². The number of hydrogen-bond donors (Lipinski definition) is 1. The fourth-order valence-corrected chi connectivity index (χ4v) is 2.56. The number of nitriles is 1. The van der Waals surface area contributed by atoms with Gasteiger partial charge in [0.1, 0.15) is 16.7 Å². The molecule has 0 amide bonds. The van der Waals surface area contributed by atoms with E-state index in [2.05, 4.69) is 6.07 Å². The molecule has 5 heteroatoms. The fourth-order valence-electron chi connectivity index (χ4n) is 1.72. The largest absolute Gasteiger partial charge is 0.492 e. The summed E-state index contributed by atoms with van der Waals surface area (Å²) in [5.41, 5.74) is 1.28. The Labute approximate surface area is 120 Å². The zero-order valence-corrected chi connectivity index (χ0v) is 11.7. The summed E-state index contributed by atoms with van der Waals surface area (Å²) in [4.78, 5) is 12.0. The lowest BCUT2D eigenvalue weighted by Crippen LogP contribution is -1.97. The third-order valence-corrected chi connectivity index (χ3v) is 3.79. The summed E-state index contributed by atoms with van der Waals surface area (Å²) in [6.07, 6.45) is 0.875. The first kappa shape index (κ1) is 14.1. The Morgan fingerprint density at radius 1 is 1.40 bits per heavy atom. The second-order valence-corrected chi connectivity index (χ2v) is 5.22. The van der Waals surface area contributed by atoms with Crippen LogP contribution < -0.4 is 4.74 Å². The molecule has 0 radical (unpaired) electrons. The molecule has 0 aliphatic heterocycles. The van der Waals surface area contributed by atoms with E-state index in [1.807, 2.05) is 13.0 Å². The molecular weight excluding hydrogens is 274 g/mol. The highest BCUT2D eigenvalue weighted by Gasteiger charge is 2.11. The van der Waals surface area contributed by atoms with Crippen molar-refractivity contribution >= 4 is 17.3 Å². The van der Waals surface area contributed by atoms with E-state index in [0.29, 0.717) is 17.9 Å². The number of carboxylic acids is 1. The van der Waals surface area contributed by atoms with Crippen LogP contribution in [-0.2, 0) is 0 Å². The second-order valence-electron chi connectivity index (χ2n) is 4.14. The first-order valence-electron chi connectivity index (χ1n) is 6.16. The molecule has 0 unspecified atom stereocenters. The highest BCUT2D eigenvalue weighted by atomic mass is 32.1. The maximum absolute atomic E-state index is 10.9. The van der Waals surface area contributed by atoms with Gasteiger partial charge in [0, 0.05) is 4.88 Å². The smallest absolute Gasteiger partial charge is 0.345 e. The van der Waals surface area contributed by atoms with Crippen molar-refractivity contribution < 1.29 is 14.6 Å². The van der Waals surface area contributed by atoms with Crippen LogP contribution in [0.25, 0.3) is 10.4 Å². The van der Waals surface area contributed by atoms with E-state index in [1.54, 1.807) is 24.3 Å². The zero-order valence-electron chi connectivity index (χ0n) is 10.9. The molecule has 2 aromatic rings. The molecule has 1 N–H and O–H groups in total. The van der Waals surface area contributed by atoms with E-state index in [0.717, 1.165) is 16.9 Å². The number of rotatable bonds is 5. The Kier molecular flexibility index (Phi) is 4.38. The van der Waals surface area contributed by atoms with Gasteiger partial charge in [-0.1, -0.05) is 6.92 Å². The lowest BCUT2D eigenvalue weighted by Gasteiger charge is -2.07. The van der Waals surface area contributed by atoms with Gasteiger partial charge in [0.15, 0.2) is 0 Å². The number of nitrogens with zero attached hydrogens (tertiary/aromatic N) is 1. The van der Waals surface area contributed by atoms with E-state index in [4.69, 9.17) is 15.1 Å². The third-order valence-electron chi connectivity index (χ3n) is 2.66. The Hall–Kier alpha value is -2.32. The van der Waals surface area contributed by atoms with Crippen molar-refractivity contribution in [2.75, 3.05) is 6.61 Å². The minimum absolute atomic E-state index is 0.282. The summed E-state index contributed by atoms with van der Waals surface area (Å²) in [5, 5.41) is 18.1. The monoisotopic (exact) mass is 287 g/mol. The van der Waals surface area contributed by atoms with Gasteiger partial charge in [-0.25, -0.2) is 4.79 Å². The summed E-state index contributed by atoms with van der Waals surface area (Å²) in [7, 11) is 0. The topological polar surface area (TPSA) is 70.3 Å². The SMILES string of the molecule is CCCOc1ccc(-c2ccc(C(=O)O)s2)cc1C#N. The molecule has 1 heterocycles. The molecule has 1 aromatic carbocycles. The first-order chi connectivity index (χ1) is 9.65. The van der Waals surface area contributed by atoms with E-state index in [9.17, 15) is 4.79 Å². The van der Waals surface area contributed by atoms with Crippen molar-refractivity contribution in [3.63, 3.8) is 0 Å². The lowest BCUT2D eigenvalue weighted by molar-refractivity contribution is 0.0702. The average Bonchev–Trinajstić information content (AvgIpc) is 2.95. The van der Waals surface area contributed by atoms with Gasteiger partial charge < -0.3 is 9.84 Å². The molecule has 102 valence electrons. The molecule has 0 aliphatic rings. The minimum atomic E-state index is -0.940. The molecule has 0 aliphatic carbocycles. The molecule has 0 bridgehead atoms. The highest BCUT2D eigenvalue weighted by Crippen LogP contribution is 2.31. The molecule has 20 heavy (non-hydrogen) atoms. The van der Waals surface area contributed by atoms with Gasteiger partial charge in [0.25, 0.3) is 0 Å². The van der Waals surface area contributed by atoms with Crippen molar-refractivity contribution in [1.82, 2.24) is 0 Å². The van der Waals surface area contributed by atoms with Gasteiger partial charge >= 0.3 is 5.97 Å². The molecule has 0 saturated carbocycles. The molecule has 0 saturated heterocycles. The van der Waals surface area contributed by atoms with Gasteiger partial charge in [0.2, 0.25) is 0 Å². The summed E-state index contributed by atoms with van der Waals surface area (Å²) in [6, 6.07) is 10.7. The Bertz CT molecular complexity index is 670. The van der Waals surface area contributed by atoms with Crippen LogP contribution in [0.2, 0.25) is 0 Å². The molecule has 0 atom stereocenters. The average molecular weight is 287 g/mol. The summed E-state index contributed by atoms with van der Waals surface area (Å²) < 4.78 is 5.50. The van der Waals surface area contributed by atoms with E-state index in [-0.39, 0.29) is 4.88 Å². The minimum Gasteiger partial charge on any atom is -0.492 e. The normalized spacial score (nSPS) is 10.0. The van der Waals surface area contributed by atoms with Crippen molar-refractivity contribution in [3.05, 3.63) is 40.8 Å². The van der Waals surface area contributed by atoms with E-state index >= 15 is 0 Å². The maximum Gasteiger partial charge on any atom is 0.345 e. The number of benzene rings is 1. The van der Waals surface area contributed by atoms with Crippen LogP contribution in [-0.4, -0.2) is 17.7 Å².